The number of nitriles is 1. The van der Waals surface area contributed by atoms with Crippen LogP contribution in [0, 0.1) is 18.3 Å². The topological polar surface area (TPSA) is 50.1 Å². The number of benzene rings is 1. The number of rotatable bonds is 3. The van der Waals surface area contributed by atoms with Gasteiger partial charge in [0.15, 0.2) is 0 Å². The molecule has 0 amide bonds. The second-order valence-corrected chi connectivity index (χ2v) is 3.36. The summed E-state index contributed by atoms with van der Waals surface area (Å²) in [5.74, 6) is -0.336. The predicted octanol–water partition coefficient (Wildman–Crippen LogP) is 2.24. The van der Waals surface area contributed by atoms with Crippen molar-refractivity contribution >= 4 is 5.97 Å². The standard InChI is InChI=1S/C12H13NO2/c1-9-6-10(4-3-5-13)8-11(7-9)12(14)15-2/h6-8H,3-4H2,1-2H3. The lowest BCUT2D eigenvalue weighted by atomic mass is 10.0. The van der Waals surface area contributed by atoms with Gasteiger partial charge in [-0.05, 0) is 36.6 Å². The molecule has 3 nitrogen and oxygen atoms in total. The number of carbonyl (C=O) groups is 1. The van der Waals surface area contributed by atoms with Gasteiger partial charge in [-0.15, -0.1) is 0 Å². The third-order valence-corrected chi connectivity index (χ3v) is 2.08. The summed E-state index contributed by atoms with van der Waals surface area (Å²) in [5.41, 5.74) is 2.55. The Labute approximate surface area is 89.3 Å². The molecule has 0 saturated heterocycles. The number of methoxy groups -OCH3 is 1. The number of carbonyl (C=O) groups excluding carboxylic acids is 1. The second kappa shape index (κ2) is 5.16. The second-order valence-electron chi connectivity index (χ2n) is 3.36. The Bertz CT molecular complexity index is 405. The lowest BCUT2D eigenvalue weighted by molar-refractivity contribution is 0.0600. The Morgan fingerprint density at radius 2 is 2.20 bits per heavy atom. The Kier molecular flexibility index (Phi) is 3.87. The van der Waals surface area contributed by atoms with Gasteiger partial charge in [0.2, 0.25) is 0 Å². The summed E-state index contributed by atoms with van der Waals surface area (Å²) in [7, 11) is 1.36. The highest BCUT2D eigenvalue weighted by atomic mass is 16.5. The van der Waals surface area contributed by atoms with Gasteiger partial charge in [-0.1, -0.05) is 6.07 Å². The third-order valence-electron chi connectivity index (χ3n) is 2.08. The van der Waals surface area contributed by atoms with Crippen LogP contribution in [-0.2, 0) is 11.2 Å². The molecule has 0 bridgehead atoms. The van der Waals surface area contributed by atoms with E-state index < -0.39 is 0 Å². The molecule has 0 aliphatic rings. The molecular weight excluding hydrogens is 190 g/mol. The number of hydrogen-bond acceptors (Lipinski definition) is 3. The van der Waals surface area contributed by atoms with Crippen LogP contribution in [0.25, 0.3) is 0 Å². The van der Waals surface area contributed by atoms with E-state index in [1.807, 2.05) is 13.0 Å². The molecule has 0 saturated carbocycles. The van der Waals surface area contributed by atoms with Gasteiger partial charge in [0, 0.05) is 6.42 Å². The van der Waals surface area contributed by atoms with E-state index in [0.29, 0.717) is 18.4 Å². The molecule has 0 fully saturated rings. The van der Waals surface area contributed by atoms with Crippen LogP contribution in [0.15, 0.2) is 18.2 Å². The number of esters is 1. The summed E-state index contributed by atoms with van der Waals surface area (Å²) in [6.07, 6.45) is 1.13. The van der Waals surface area contributed by atoms with Gasteiger partial charge in [0.25, 0.3) is 0 Å². The zero-order valence-electron chi connectivity index (χ0n) is 8.91. The van der Waals surface area contributed by atoms with Crippen molar-refractivity contribution < 1.29 is 9.53 Å². The van der Waals surface area contributed by atoms with Crippen LogP contribution in [0.2, 0.25) is 0 Å². The first kappa shape index (κ1) is 11.3. The number of aryl methyl sites for hydroxylation is 2. The van der Waals surface area contributed by atoms with Crippen LogP contribution in [0.4, 0.5) is 0 Å². The molecule has 15 heavy (non-hydrogen) atoms. The summed E-state index contributed by atoms with van der Waals surface area (Å²) < 4.78 is 4.65. The fraction of sp³-hybridized carbons (Fsp3) is 0.333. The molecule has 0 aromatic heterocycles. The monoisotopic (exact) mass is 203 g/mol. The molecule has 0 N–H and O–H groups in total. The van der Waals surface area contributed by atoms with Crippen LogP contribution >= 0.6 is 0 Å². The first-order chi connectivity index (χ1) is 7.17. The van der Waals surface area contributed by atoms with Gasteiger partial charge in [-0.2, -0.15) is 5.26 Å². The van der Waals surface area contributed by atoms with Gasteiger partial charge in [0.05, 0.1) is 18.7 Å². The van der Waals surface area contributed by atoms with Gasteiger partial charge in [-0.3, -0.25) is 0 Å². The normalized spacial score (nSPS) is 9.40. The minimum atomic E-state index is -0.336. The fourth-order valence-corrected chi connectivity index (χ4v) is 1.44. The van der Waals surface area contributed by atoms with E-state index in [2.05, 4.69) is 10.8 Å². The van der Waals surface area contributed by atoms with Crippen molar-refractivity contribution in [2.24, 2.45) is 0 Å². The molecule has 0 unspecified atom stereocenters. The first-order valence-corrected chi connectivity index (χ1v) is 4.73. The summed E-state index contributed by atoms with van der Waals surface area (Å²) >= 11 is 0. The molecule has 0 aliphatic heterocycles. The molecule has 0 heterocycles. The van der Waals surface area contributed by atoms with Gasteiger partial charge >= 0.3 is 5.97 Å². The summed E-state index contributed by atoms with van der Waals surface area (Å²) in [4.78, 5) is 11.3. The van der Waals surface area contributed by atoms with E-state index in [0.717, 1.165) is 11.1 Å². The van der Waals surface area contributed by atoms with E-state index in [4.69, 9.17) is 5.26 Å². The molecule has 1 aromatic rings. The van der Waals surface area contributed by atoms with Gasteiger partial charge in [0.1, 0.15) is 0 Å². The largest absolute Gasteiger partial charge is 0.465 e. The van der Waals surface area contributed by atoms with Crippen molar-refractivity contribution in [1.29, 1.82) is 5.26 Å². The van der Waals surface area contributed by atoms with Crippen molar-refractivity contribution in [1.82, 2.24) is 0 Å². The lowest BCUT2D eigenvalue weighted by Gasteiger charge is -2.04. The van der Waals surface area contributed by atoms with Gasteiger partial charge in [-0.25, -0.2) is 4.79 Å². The Morgan fingerprint density at radius 1 is 1.47 bits per heavy atom. The molecular formula is C12H13NO2. The van der Waals surface area contributed by atoms with Crippen LogP contribution in [0.5, 0.6) is 0 Å². The number of nitrogens with zero attached hydrogens (tertiary/aromatic N) is 1. The molecule has 0 radical (unpaired) electrons. The average Bonchev–Trinajstić information content (AvgIpc) is 2.24. The Morgan fingerprint density at radius 3 is 2.80 bits per heavy atom. The molecule has 1 aromatic carbocycles. The van der Waals surface area contributed by atoms with E-state index in [9.17, 15) is 4.79 Å². The third kappa shape index (κ3) is 3.10. The highest BCUT2D eigenvalue weighted by Gasteiger charge is 2.06. The summed E-state index contributed by atoms with van der Waals surface area (Å²) in [6.45, 7) is 1.92. The minimum absolute atomic E-state index is 0.336. The Hall–Kier alpha value is -1.82. The molecule has 0 atom stereocenters. The van der Waals surface area contributed by atoms with Crippen LogP contribution in [0.1, 0.15) is 27.9 Å². The average molecular weight is 203 g/mol. The maximum absolute atomic E-state index is 11.3. The van der Waals surface area contributed by atoms with Gasteiger partial charge < -0.3 is 4.74 Å². The minimum Gasteiger partial charge on any atom is -0.465 e. The summed E-state index contributed by atoms with van der Waals surface area (Å²) in [5, 5.41) is 8.48. The lowest BCUT2D eigenvalue weighted by Crippen LogP contribution is -2.02. The van der Waals surface area contributed by atoms with E-state index in [1.165, 1.54) is 7.11 Å². The van der Waals surface area contributed by atoms with E-state index in [-0.39, 0.29) is 5.97 Å². The highest BCUT2D eigenvalue weighted by molar-refractivity contribution is 5.89. The van der Waals surface area contributed by atoms with Crippen molar-refractivity contribution in [3.63, 3.8) is 0 Å². The molecule has 78 valence electrons. The zero-order valence-corrected chi connectivity index (χ0v) is 8.91. The fourth-order valence-electron chi connectivity index (χ4n) is 1.44. The van der Waals surface area contributed by atoms with Crippen molar-refractivity contribution in [2.75, 3.05) is 7.11 Å². The van der Waals surface area contributed by atoms with Crippen LogP contribution < -0.4 is 0 Å². The van der Waals surface area contributed by atoms with E-state index >= 15 is 0 Å². The molecule has 0 spiro atoms. The predicted molar refractivity (Wildman–Crippen MR) is 56.5 cm³/mol. The van der Waals surface area contributed by atoms with Crippen molar-refractivity contribution in [3.05, 3.63) is 34.9 Å². The highest BCUT2D eigenvalue weighted by Crippen LogP contribution is 2.12. The maximum Gasteiger partial charge on any atom is 0.337 e. The number of hydrogen-bond donors (Lipinski definition) is 0. The zero-order chi connectivity index (χ0) is 11.3. The number of ether oxygens (including phenoxy) is 1. The Balaban J connectivity index is 2.95. The van der Waals surface area contributed by atoms with Crippen molar-refractivity contribution in [3.8, 4) is 6.07 Å². The van der Waals surface area contributed by atoms with Crippen LogP contribution in [0.3, 0.4) is 0 Å². The van der Waals surface area contributed by atoms with Crippen molar-refractivity contribution in [2.45, 2.75) is 19.8 Å². The first-order valence-electron chi connectivity index (χ1n) is 4.73. The van der Waals surface area contributed by atoms with E-state index in [1.54, 1.807) is 12.1 Å². The maximum atomic E-state index is 11.3. The SMILES string of the molecule is COC(=O)c1cc(C)cc(CCC#N)c1. The molecule has 0 aliphatic carbocycles. The van der Waals surface area contributed by atoms with Crippen LogP contribution in [-0.4, -0.2) is 13.1 Å². The molecule has 1 rings (SSSR count). The quantitative estimate of drug-likeness (QED) is 0.708. The smallest absolute Gasteiger partial charge is 0.337 e. The molecule has 3 heteroatoms. The summed E-state index contributed by atoms with van der Waals surface area (Å²) in [6, 6.07) is 7.61.